The van der Waals surface area contributed by atoms with E-state index in [1.54, 1.807) is 15.8 Å². The Bertz CT molecular complexity index is 932. The summed E-state index contributed by atoms with van der Waals surface area (Å²) in [5.74, 6) is 2.30. The van der Waals surface area contributed by atoms with Crippen LogP contribution in [0.4, 0.5) is 5.69 Å². The largest absolute Gasteiger partial charge is 0.490 e. The Kier molecular flexibility index (Phi) is 7.99. The fourth-order valence-electron chi connectivity index (χ4n) is 3.64. The minimum absolute atomic E-state index is 0. The summed E-state index contributed by atoms with van der Waals surface area (Å²) in [4.78, 5) is 21.3. The summed E-state index contributed by atoms with van der Waals surface area (Å²) in [6.45, 7) is 6.05. The zero-order valence-corrected chi connectivity index (χ0v) is 20.2. The molecule has 1 aromatic carbocycles. The minimum atomic E-state index is 0. The van der Waals surface area contributed by atoms with Gasteiger partial charge >= 0.3 is 0 Å². The smallest absolute Gasteiger partial charge is 0.246 e. The highest BCUT2D eigenvalue weighted by molar-refractivity contribution is 14.0. The van der Waals surface area contributed by atoms with Gasteiger partial charge in [-0.05, 0) is 13.0 Å². The second-order valence-electron chi connectivity index (χ2n) is 7.30. The van der Waals surface area contributed by atoms with Gasteiger partial charge in [0.25, 0.3) is 0 Å². The van der Waals surface area contributed by atoms with Crippen LogP contribution in [0.2, 0.25) is 0 Å². The number of nitrogens with zero attached hydrogens (tertiary/aromatic N) is 5. The molecular weight excluding hydrogens is 511 g/mol. The van der Waals surface area contributed by atoms with E-state index in [-0.39, 0.29) is 36.4 Å². The third-order valence-electron chi connectivity index (χ3n) is 5.11. The van der Waals surface area contributed by atoms with Crippen molar-refractivity contribution in [3.8, 4) is 11.5 Å². The molecule has 0 radical (unpaired) electrons. The van der Waals surface area contributed by atoms with Crippen LogP contribution in [0.25, 0.3) is 0 Å². The first kappa shape index (κ1) is 23.2. The number of carbonyl (C=O) groups is 1. The number of benzene rings is 1. The van der Waals surface area contributed by atoms with Crippen molar-refractivity contribution in [1.82, 2.24) is 20.0 Å². The van der Waals surface area contributed by atoms with Crippen LogP contribution in [0.3, 0.4) is 0 Å². The first-order valence-corrected chi connectivity index (χ1v) is 10.4. The second kappa shape index (κ2) is 10.7. The Labute approximate surface area is 199 Å². The fraction of sp³-hybridized carbons (Fsp3) is 0.476. The molecule has 0 atom stereocenters. The molecule has 1 aromatic heterocycles. The summed E-state index contributed by atoms with van der Waals surface area (Å²) in [6.07, 6.45) is 4.44. The standard InChI is InChI=1S/C21H28N6O3.HI/c1-3-22-21(23-12-16-6-4-7-18-20(16)30-11-5-10-29-18)26-8-9-27(19(28)15-26)17-13-24-25(2)14-17;/h4,6-7,13-14H,3,5,8-12,15H2,1-2H3,(H,22,23);1H. The summed E-state index contributed by atoms with van der Waals surface area (Å²) < 4.78 is 13.4. The van der Waals surface area contributed by atoms with E-state index in [0.717, 1.165) is 41.7 Å². The van der Waals surface area contributed by atoms with Crippen LogP contribution < -0.4 is 19.7 Å². The normalized spacial score (nSPS) is 16.6. The van der Waals surface area contributed by atoms with Crippen LogP contribution in [0.15, 0.2) is 35.6 Å². The summed E-state index contributed by atoms with van der Waals surface area (Å²) in [7, 11) is 1.85. The summed E-state index contributed by atoms with van der Waals surface area (Å²) in [5, 5.41) is 7.48. The number of aryl methyl sites for hydroxylation is 1. The molecule has 2 aliphatic heterocycles. The van der Waals surface area contributed by atoms with Crippen LogP contribution in [-0.2, 0) is 18.4 Å². The first-order chi connectivity index (χ1) is 14.7. The quantitative estimate of drug-likeness (QED) is 0.363. The zero-order valence-electron chi connectivity index (χ0n) is 17.9. The number of piperazine rings is 1. The van der Waals surface area contributed by atoms with Gasteiger partial charge in [-0.1, -0.05) is 12.1 Å². The number of hydrogen-bond acceptors (Lipinski definition) is 5. The number of para-hydroxylation sites is 1. The number of rotatable bonds is 4. The number of hydrogen-bond donors (Lipinski definition) is 1. The van der Waals surface area contributed by atoms with Crippen molar-refractivity contribution in [3.05, 3.63) is 36.2 Å². The van der Waals surface area contributed by atoms with E-state index >= 15 is 0 Å². The van der Waals surface area contributed by atoms with Crippen LogP contribution in [0.1, 0.15) is 18.9 Å². The average Bonchev–Trinajstić information content (AvgIpc) is 3.03. The van der Waals surface area contributed by atoms with Crippen LogP contribution >= 0.6 is 24.0 Å². The maximum absolute atomic E-state index is 12.8. The molecule has 3 heterocycles. The molecular formula is C21H29IN6O3. The number of carbonyl (C=O) groups excluding carboxylic acids is 1. The minimum Gasteiger partial charge on any atom is -0.490 e. The van der Waals surface area contributed by atoms with E-state index < -0.39 is 0 Å². The molecule has 1 amide bonds. The van der Waals surface area contributed by atoms with Gasteiger partial charge in [-0.3, -0.25) is 9.48 Å². The number of ether oxygens (including phenoxy) is 2. The molecule has 10 heteroatoms. The van der Waals surface area contributed by atoms with Crippen LogP contribution in [0, 0.1) is 0 Å². The third-order valence-corrected chi connectivity index (χ3v) is 5.11. The average molecular weight is 540 g/mol. The SMILES string of the molecule is CCNC(=NCc1cccc2c1OCCCO2)N1CCN(c2cnn(C)c2)C(=O)C1.I. The van der Waals surface area contributed by atoms with Crippen molar-refractivity contribution < 1.29 is 14.3 Å². The van der Waals surface area contributed by atoms with E-state index in [1.165, 1.54) is 0 Å². The molecule has 0 saturated carbocycles. The molecule has 0 spiro atoms. The lowest BCUT2D eigenvalue weighted by Gasteiger charge is -2.35. The number of aliphatic imine (C=N–C) groups is 1. The fourth-order valence-corrected chi connectivity index (χ4v) is 3.64. The summed E-state index contributed by atoms with van der Waals surface area (Å²) in [6, 6.07) is 5.89. The van der Waals surface area contributed by atoms with Gasteiger partial charge in [0.15, 0.2) is 17.5 Å². The lowest BCUT2D eigenvalue weighted by Crippen LogP contribution is -2.55. The number of aromatic nitrogens is 2. The van der Waals surface area contributed by atoms with Gasteiger partial charge in [0.05, 0.1) is 31.6 Å². The second-order valence-corrected chi connectivity index (χ2v) is 7.30. The molecule has 31 heavy (non-hydrogen) atoms. The van der Waals surface area contributed by atoms with Gasteiger partial charge in [0.1, 0.15) is 6.54 Å². The van der Waals surface area contributed by atoms with E-state index in [0.29, 0.717) is 32.8 Å². The van der Waals surface area contributed by atoms with Crippen molar-refractivity contribution in [3.63, 3.8) is 0 Å². The number of fused-ring (bicyclic) bond motifs is 1. The number of nitrogens with one attached hydrogen (secondary N) is 1. The predicted molar refractivity (Wildman–Crippen MR) is 129 cm³/mol. The molecule has 0 unspecified atom stereocenters. The topological polar surface area (TPSA) is 84.2 Å². The van der Waals surface area contributed by atoms with E-state index in [9.17, 15) is 4.79 Å². The van der Waals surface area contributed by atoms with Gasteiger partial charge in [-0.15, -0.1) is 24.0 Å². The first-order valence-electron chi connectivity index (χ1n) is 10.4. The molecule has 4 rings (SSSR count). The molecule has 168 valence electrons. The van der Waals surface area contributed by atoms with Gasteiger partial charge in [0, 0.05) is 44.9 Å². The molecule has 2 aromatic rings. The maximum Gasteiger partial charge on any atom is 0.246 e. The van der Waals surface area contributed by atoms with E-state index in [4.69, 9.17) is 14.5 Å². The predicted octanol–water partition coefficient (Wildman–Crippen LogP) is 2.01. The zero-order chi connectivity index (χ0) is 20.9. The maximum atomic E-state index is 12.8. The number of amides is 1. The van der Waals surface area contributed by atoms with Gasteiger partial charge in [-0.2, -0.15) is 5.10 Å². The van der Waals surface area contributed by atoms with Crippen molar-refractivity contribution in [1.29, 1.82) is 0 Å². The summed E-state index contributed by atoms with van der Waals surface area (Å²) >= 11 is 0. The highest BCUT2D eigenvalue weighted by atomic mass is 127. The van der Waals surface area contributed by atoms with Crippen molar-refractivity contribution in [2.75, 3.05) is 44.3 Å². The summed E-state index contributed by atoms with van der Waals surface area (Å²) in [5.41, 5.74) is 1.80. The molecule has 0 bridgehead atoms. The molecule has 9 nitrogen and oxygen atoms in total. The molecule has 2 aliphatic rings. The van der Waals surface area contributed by atoms with Crippen molar-refractivity contribution in [2.45, 2.75) is 19.9 Å². The van der Waals surface area contributed by atoms with Crippen molar-refractivity contribution >= 4 is 41.5 Å². The molecule has 1 fully saturated rings. The van der Waals surface area contributed by atoms with Gasteiger partial charge < -0.3 is 24.6 Å². The lowest BCUT2D eigenvalue weighted by atomic mass is 10.2. The van der Waals surface area contributed by atoms with Gasteiger partial charge in [0.2, 0.25) is 5.91 Å². The Morgan fingerprint density at radius 3 is 2.84 bits per heavy atom. The highest BCUT2D eigenvalue weighted by Crippen LogP contribution is 2.33. The van der Waals surface area contributed by atoms with E-state index in [2.05, 4.69) is 10.4 Å². The van der Waals surface area contributed by atoms with Gasteiger partial charge in [-0.25, -0.2) is 4.99 Å². The number of anilines is 1. The Morgan fingerprint density at radius 2 is 2.10 bits per heavy atom. The van der Waals surface area contributed by atoms with Crippen LogP contribution in [-0.4, -0.2) is 65.9 Å². The third kappa shape index (κ3) is 5.41. The number of halogens is 1. The van der Waals surface area contributed by atoms with Crippen molar-refractivity contribution in [2.24, 2.45) is 12.0 Å². The number of guanidine groups is 1. The van der Waals surface area contributed by atoms with Crippen LogP contribution in [0.5, 0.6) is 11.5 Å². The molecule has 1 saturated heterocycles. The Balaban J connectivity index is 0.00000272. The van der Waals surface area contributed by atoms with E-state index in [1.807, 2.05) is 43.3 Å². The molecule has 0 aliphatic carbocycles. The monoisotopic (exact) mass is 540 g/mol. The Morgan fingerprint density at radius 1 is 1.26 bits per heavy atom. The molecule has 1 N–H and O–H groups in total. The lowest BCUT2D eigenvalue weighted by molar-refractivity contribution is -0.120. The Hall–Kier alpha value is -2.50. The highest BCUT2D eigenvalue weighted by Gasteiger charge is 2.27.